The number of benzene rings is 2. The molecule has 0 saturated heterocycles. The van der Waals surface area contributed by atoms with E-state index in [9.17, 15) is 18.0 Å². The molecule has 7 heteroatoms. The summed E-state index contributed by atoms with van der Waals surface area (Å²) in [5, 5.41) is 2.48. The third-order valence-corrected chi connectivity index (χ3v) is 3.42. The van der Waals surface area contributed by atoms with Crippen molar-refractivity contribution < 1.29 is 27.4 Å². The fraction of sp³-hybridized carbons (Fsp3) is 0.235. The molecule has 2 aromatic carbocycles. The normalized spacial score (nSPS) is 11.0. The molecule has 4 nitrogen and oxygen atoms in total. The van der Waals surface area contributed by atoms with E-state index in [1.165, 1.54) is 44.6 Å². The molecule has 2 aromatic rings. The number of methoxy groups -OCH3 is 2. The number of nitrogens with one attached hydrogen (secondary N) is 1. The summed E-state index contributed by atoms with van der Waals surface area (Å²) in [7, 11) is 2.87. The monoisotopic (exact) mass is 339 g/mol. The molecule has 128 valence electrons. The van der Waals surface area contributed by atoms with Gasteiger partial charge in [0, 0.05) is 12.6 Å². The first-order chi connectivity index (χ1) is 11.4. The summed E-state index contributed by atoms with van der Waals surface area (Å²) in [5.41, 5.74) is -0.569. The second-order valence-corrected chi connectivity index (χ2v) is 4.90. The molecule has 0 bridgehead atoms. The highest BCUT2D eigenvalue weighted by atomic mass is 19.4. The summed E-state index contributed by atoms with van der Waals surface area (Å²) in [6.45, 7) is -0.246. The largest absolute Gasteiger partial charge is 0.497 e. The number of hydrogen-bond donors (Lipinski definition) is 1. The number of carbonyl (C=O) groups is 1. The molecule has 0 saturated carbocycles. The van der Waals surface area contributed by atoms with E-state index in [4.69, 9.17) is 9.47 Å². The van der Waals surface area contributed by atoms with E-state index < -0.39 is 17.6 Å². The Hall–Kier alpha value is -2.70. The van der Waals surface area contributed by atoms with Gasteiger partial charge in [-0.05, 0) is 23.8 Å². The first-order valence-electron chi connectivity index (χ1n) is 7.02. The Bertz CT molecular complexity index is 729. The maximum atomic E-state index is 13.0. The molecule has 0 aliphatic carbocycles. The average Bonchev–Trinajstić information content (AvgIpc) is 2.58. The van der Waals surface area contributed by atoms with Crippen LogP contribution in [0.25, 0.3) is 0 Å². The van der Waals surface area contributed by atoms with Gasteiger partial charge in [-0.25, -0.2) is 0 Å². The van der Waals surface area contributed by atoms with E-state index in [0.29, 0.717) is 5.75 Å². The zero-order valence-electron chi connectivity index (χ0n) is 13.1. The minimum absolute atomic E-state index is 0.00849. The Balaban J connectivity index is 2.18. The molecule has 0 heterocycles. The van der Waals surface area contributed by atoms with Gasteiger partial charge in [-0.3, -0.25) is 4.79 Å². The molecule has 0 aliphatic rings. The highest BCUT2D eigenvalue weighted by Gasteiger charge is 2.32. The van der Waals surface area contributed by atoms with Crippen molar-refractivity contribution in [1.29, 1.82) is 0 Å². The van der Waals surface area contributed by atoms with Crippen LogP contribution in [-0.2, 0) is 12.7 Å². The van der Waals surface area contributed by atoms with Crippen LogP contribution < -0.4 is 14.8 Å². The van der Waals surface area contributed by atoms with E-state index in [1.54, 1.807) is 6.07 Å². The Morgan fingerprint density at radius 1 is 1.08 bits per heavy atom. The molecular weight excluding hydrogens is 323 g/mol. The molecule has 0 unspecified atom stereocenters. The van der Waals surface area contributed by atoms with Gasteiger partial charge in [-0.2, -0.15) is 13.2 Å². The summed E-state index contributed by atoms with van der Waals surface area (Å²) >= 11 is 0. The minimum Gasteiger partial charge on any atom is -0.497 e. The molecule has 0 spiro atoms. The van der Waals surface area contributed by atoms with Crippen LogP contribution >= 0.6 is 0 Å². The minimum atomic E-state index is -4.47. The van der Waals surface area contributed by atoms with E-state index in [1.807, 2.05) is 0 Å². The quantitative estimate of drug-likeness (QED) is 0.904. The van der Waals surface area contributed by atoms with Crippen LogP contribution in [0.15, 0.2) is 42.5 Å². The third-order valence-electron chi connectivity index (χ3n) is 3.42. The molecule has 1 amide bonds. The molecule has 0 atom stereocenters. The predicted octanol–water partition coefficient (Wildman–Crippen LogP) is 3.65. The van der Waals surface area contributed by atoms with Crippen molar-refractivity contribution in [3.8, 4) is 11.5 Å². The second-order valence-electron chi connectivity index (χ2n) is 4.90. The molecule has 0 fully saturated rings. The van der Waals surface area contributed by atoms with E-state index >= 15 is 0 Å². The SMILES string of the molecule is COc1ccc(C(=O)NCc2ccccc2C(F)(F)F)c(OC)c1. The summed E-state index contributed by atoms with van der Waals surface area (Å²) in [6.07, 6.45) is -4.47. The van der Waals surface area contributed by atoms with Crippen molar-refractivity contribution in [3.05, 3.63) is 59.2 Å². The molecule has 0 aliphatic heterocycles. The van der Waals surface area contributed by atoms with Crippen LogP contribution in [0, 0.1) is 0 Å². The standard InChI is InChI=1S/C17H16F3NO3/c1-23-12-7-8-13(15(9-12)24-2)16(22)21-10-11-5-3-4-6-14(11)17(18,19)20/h3-9H,10H2,1-2H3,(H,21,22). The Labute approximate surface area is 137 Å². The summed E-state index contributed by atoms with van der Waals surface area (Å²) in [6, 6.07) is 9.69. The van der Waals surface area contributed by atoms with Crippen LogP contribution in [0.2, 0.25) is 0 Å². The van der Waals surface area contributed by atoms with Gasteiger partial charge < -0.3 is 14.8 Å². The zero-order chi connectivity index (χ0) is 17.7. The molecule has 24 heavy (non-hydrogen) atoms. The highest BCUT2D eigenvalue weighted by molar-refractivity contribution is 5.97. The van der Waals surface area contributed by atoms with Gasteiger partial charge >= 0.3 is 6.18 Å². The van der Waals surface area contributed by atoms with E-state index in [0.717, 1.165) is 6.07 Å². The van der Waals surface area contributed by atoms with Gasteiger partial charge in [-0.15, -0.1) is 0 Å². The van der Waals surface area contributed by atoms with Crippen LogP contribution in [-0.4, -0.2) is 20.1 Å². The number of carbonyl (C=O) groups excluding carboxylic acids is 1. The molecule has 1 N–H and O–H groups in total. The lowest BCUT2D eigenvalue weighted by molar-refractivity contribution is -0.138. The van der Waals surface area contributed by atoms with Gasteiger partial charge in [0.15, 0.2) is 0 Å². The van der Waals surface area contributed by atoms with Gasteiger partial charge in [0.25, 0.3) is 5.91 Å². The third kappa shape index (κ3) is 3.98. The van der Waals surface area contributed by atoms with Crippen LogP contribution in [0.5, 0.6) is 11.5 Å². The molecule has 2 rings (SSSR count). The van der Waals surface area contributed by atoms with Crippen molar-refractivity contribution in [2.75, 3.05) is 14.2 Å². The maximum absolute atomic E-state index is 13.0. The lowest BCUT2D eigenvalue weighted by Crippen LogP contribution is -2.25. The number of halogens is 3. The van der Waals surface area contributed by atoms with Crippen molar-refractivity contribution in [2.45, 2.75) is 12.7 Å². The summed E-state index contributed by atoms with van der Waals surface area (Å²) in [4.78, 5) is 12.2. The highest BCUT2D eigenvalue weighted by Crippen LogP contribution is 2.32. The smallest absolute Gasteiger partial charge is 0.416 e. The lowest BCUT2D eigenvalue weighted by atomic mass is 10.1. The maximum Gasteiger partial charge on any atom is 0.416 e. The molecule has 0 aromatic heterocycles. The second kappa shape index (κ2) is 7.25. The van der Waals surface area contributed by atoms with Gasteiger partial charge in [0.2, 0.25) is 0 Å². The first-order valence-corrected chi connectivity index (χ1v) is 7.02. The topological polar surface area (TPSA) is 47.6 Å². The fourth-order valence-electron chi connectivity index (χ4n) is 2.21. The van der Waals surface area contributed by atoms with Crippen molar-refractivity contribution >= 4 is 5.91 Å². The number of rotatable bonds is 5. The number of hydrogen-bond acceptors (Lipinski definition) is 3. The Kier molecular flexibility index (Phi) is 5.33. The van der Waals surface area contributed by atoms with Crippen molar-refractivity contribution in [2.24, 2.45) is 0 Å². The average molecular weight is 339 g/mol. The van der Waals surface area contributed by atoms with Crippen LogP contribution in [0.4, 0.5) is 13.2 Å². The number of amides is 1. The summed E-state index contributed by atoms with van der Waals surface area (Å²) in [5.74, 6) is 0.244. The first kappa shape index (κ1) is 17.7. The number of alkyl halides is 3. The van der Waals surface area contributed by atoms with Crippen LogP contribution in [0.1, 0.15) is 21.5 Å². The molecule has 0 radical (unpaired) electrons. The van der Waals surface area contributed by atoms with Gasteiger partial charge in [-0.1, -0.05) is 18.2 Å². The predicted molar refractivity (Wildman–Crippen MR) is 82.2 cm³/mol. The number of ether oxygens (including phenoxy) is 2. The summed E-state index contributed by atoms with van der Waals surface area (Å²) < 4.78 is 49.0. The van der Waals surface area contributed by atoms with E-state index in [2.05, 4.69) is 5.32 Å². The molecular formula is C17H16F3NO3. The fourth-order valence-corrected chi connectivity index (χ4v) is 2.21. The Morgan fingerprint density at radius 3 is 2.42 bits per heavy atom. The lowest BCUT2D eigenvalue weighted by Gasteiger charge is -2.14. The van der Waals surface area contributed by atoms with Gasteiger partial charge in [0.05, 0.1) is 25.3 Å². The van der Waals surface area contributed by atoms with Crippen LogP contribution in [0.3, 0.4) is 0 Å². The van der Waals surface area contributed by atoms with Crippen molar-refractivity contribution in [1.82, 2.24) is 5.32 Å². The zero-order valence-corrected chi connectivity index (χ0v) is 13.1. The van der Waals surface area contributed by atoms with Gasteiger partial charge in [0.1, 0.15) is 11.5 Å². The van der Waals surface area contributed by atoms with E-state index in [-0.39, 0.29) is 23.4 Å². The Morgan fingerprint density at radius 2 is 1.79 bits per heavy atom. The van der Waals surface area contributed by atoms with Crippen molar-refractivity contribution in [3.63, 3.8) is 0 Å².